The van der Waals surface area contributed by atoms with Gasteiger partial charge in [0.15, 0.2) is 0 Å². The smallest absolute Gasteiger partial charge is 0.294 e. The Labute approximate surface area is 152 Å². The third-order valence-electron chi connectivity index (χ3n) is 4.01. The zero-order valence-electron chi connectivity index (χ0n) is 13.8. The molecule has 0 aliphatic carbocycles. The van der Waals surface area contributed by atoms with Gasteiger partial charge in [0, 0.05) is 22.0 Å². The average molecular weight is 398 g/mol. The molecule has 0 aliphatic rings. The fraction of sp³-hybridized carbons (Fsp3) is 0.158. The monoisotopic (exact) mass is 397 g/mol. The maximum atomic E-state index is 12.4. The SMILES string of the molecule is CN(C)Cc1ccc(-c2nc3c(oc4ccc(Br)cc43)c(=O)[nH]2)cc1. The zero-order chi connectivity index (χ0) is 17.6. The van der Waals surface area contributed by atoms with Crippen LogP contribution >= 0.6 is 15.9 Å². The molecule has 1 N–H and O–H groups in total. The normalized spacial score (nSPS) is 11.7. The molecular weight excluding hydrogens is 382 g/mol. The van der Waals surface area contributed by atoms with Gasteiger partial charge in [0.1, 0.15) is 16.9 Å². The van der Waals surface area contributed by atoms with Gasteiger partial charge < -0.3 is 14.3 Å². The second-order valence-electron chi connectivity index (χ2n) is 6.27. The van der Waals surface area contributed by atoms with Gasteiger partial charge in [0.25, 0.3) is 5.56 Å². The van der Waals surface area contributed by atoms with Crippen molar-refractivity contribution in [3.63, 3.8) is 0 Å². The Balaban J connectivity index is 1.86. The van der Waals surface area contributed by atoms with Crippen molar-refractivity contribution in [1.29, 1.82) is 0 Å². The van der Waals surface area contributed by atoms with Crippen LogP contribution in [0.15, 0.2) is 56.1 Å². The molecule has 2 aromatic carbocycles. The van der Waals surface area contributed by atoms with E-state index in [4.69, 9.17) is 4.42 Å². The number of furan rings is 1. The van der Waals surface area contributed by atoms with E-state index in [0.29, 0.717) is 16.9 Å². The Morgan fingerprint density at radius 2 is 1.92 bits per heavy atom. The van der Waals surface area contributed by atoms with Crippen LogP contribution in [-0.4, -0.2) is 29.0 Å². The van der Waals surface area contributed by atoms with Gasteiger partial charge in [0.05, 0.1) is 0 Å². The summed E-state index contributed by atoms with van der Waals surface area (Å²) >= 11 is 3.45. The van der Waals surface area contributed by atoms with Crippen LogP contribution in [0.3, 0.4) is 0 Å². The van der Waals surface area contributed by atoms with Crippen molar-refractivity contribution in [3.8, 4) is 11.4 Å². The van der Waals surface area contributed by atoms with Crippen LogP contribution < -0.4 is 5.56 Å². The number of halogens is 1. The van der Waals surface area contributed by atoms with Gasteiger partial charge in [-0.05, 0) is 37.9 Å². The first-order valence-corrected chi connectivity index (χ1v) is 8.67. The van der Waals surface area contributed by atoms with Crippen molar-refractivity contribution in [2.45, 2.75) is 6.54 Å². The number of nitrogens with one attached hydrogen (secondary N) is 1. The quantitative estimate of drug-likeness (QED) is 0.563. The Kier molecular flexibility index (Phi) is 3.94. The van der Waals surface area contributed by atoms with Gasteiger partial charge in [-0.25, -0.2) is 4.98 Å². The van der Waals surface area contributed by atoms with Gasteiger partial charge in [-0.15, -0.1) is 0 Å². The second kappa shape index (κ2) is 6.13. The minimum atomic E-state index is -0.273. The number of nitrogens with zero attached hydrogens (tertiary/aromatic N) is 2. The van der Waals surface area contributed by atoms with Crippen LogP contribution in [0.1, 0.15) is 5.56 Å². The first-order valence-electron chi connectivity index (χ1n) is 7.87. The van der Waals surface area contributed by atoms with Crippen molar-refractivity contribution in [2.75, 3.05) is 14.1 Å². The number of rotatable bonds is 3. The summed E-state index contributed by atoms with van der Waals surface area (Å²) in [4.78, 5) is 22.0. The fourth-order valence-electron chi connectivity index (χ4n) is 2.90. The van der Waals surface area contributed by atoms with E-state index in [9.17, 15) is 4.79 Å². The lowest BCUT2D eigenvalue weighted by Gasteiger charge is -2.09. The largest absolute Gasteiger partial charge is 0.449 e. The minimum Gasteiger partial charge on any atom is -0.449 e. The number of hydrogen-bond donors (Lipinski definition) is 1. The van der Waals surface area contributed by atoms with Crippen LogP contribution in [0.5, 0.6) is 0 Å². The summed E-state index contributed by atoms with van der Waals surface area (Å²) in [5.41, 5.74) is 3.27. The number of H-pyrrole nitrogens is 1. The highest BCUT2D eigenvalue weighted by molar-refractivity contribution is 9.10. The molecular formula is C19H16BrN3O2. The summed E-state index contributed by atoms with van der Waals surface area (Å²) in [7, 11) is 4.06. The lowest BCUT2D eigenvalue weighted by molar-refractivity contribution is 0.402. The van der Waals surface area contributed by atoms with Gasteiger partial charge in [-0.2, -0.15) is 0 Å². The molecule has 126 valence electrons. The van der Waals surface area contributed by atoms with E-state index >= 15 is 0 Å². The van der Waals surface area contributed by atoms with Crippen LogP contribution in [0.25, 0.3) is 33.5 Å². The molecule has 0 unspecified atom stereocenters. The lowest BCUT2D eigenvalue weighted by atomic mass is 10.1. The number of benzene rings is 2. The van der Waals surface area contributed by atoms with E-state index in [0.717, 1.165) is 22.0 Å². The molecule has 0 radical (unpaired) electrons. The summed E-state index contributed by atoms with van der Waals surface area (Å²) in [6, 6.07) is 13.7. The topological polar surface area (TPSA) is 62.1 Å². The Bertz CT molecular complexity index is 1130. The van der Waals surface area contributed by atoms with Gasteiger partial charge in [-0.1, -0.05) is 40.2 Å². The molecule has 6 heteroatoms. The molecule has 25 heavy (non-hydrogen) atoms. The van der Waals surface area contributed by atoms with Crippen molar-refractivity contribution in [2.24, 2.45) is 0 Å². The molecule has 0 atom stereocenters. The highest BCUT2D eigenvalue weighted by atomic mass is 79.9. The highest BCUT2D eigenvalue weighted by Crippen LogP contribution is 2.29. The van der Waals surface area contributed by atoms with Crippen LogP contribution in [0.4, 0.5) is 0 Å². The molecule has 4 rings (SSSR count). The van der Waals surface area contributed by atoms with Crippen LogP contribution in [-0.2, 0) is 6.54 Å². The predicted octanol–water partition coefficient (Wildman–Crippen LogP) is 4.16. The molecule has 0 fully saturated rings. The van der Waals surface area contributed by atoms with Gasteiger partial charge in [-0.3, -0.25) is 4.79 Å². The third-order valence-corrected chi connectivity index (χ3v) is 4.51. The van der Waals surface area contributed by atoms with E-state index in [1.807, 2.05) is 56.6 Å². The Morgan fingerprint density at radius 3 is 2.64 bits per heavy atom. The first-order chi connectivity index (χ1) is 12.0. The van der Waals surface area contributed by atoms with Gasteiger partial charge in [0.2, 0.25) is 5.58 Å². The summed E-state index contributed by atoms with van der Waals surface area (Å²) in [5, 5.41) is 0.820. The van der Waals surface area contributed by atoms with Crippen LogP contribution in [0.2, 0.25) is 0 Å². The minimum absolute atomic E-state index is 0.251. The maximum Gasteiger partial charge on any atom is 0.294 e. The van der Waals surface area contributed by atoms with E-state index in [-0.39, 0.29) is 11.1 Å². The van der Waals surface area contributed by atoms with Crippen molar-refractivity contribution in [1.82, 2.24) is 14.9 Å². The van der Waals surface area contributed by atoms with Crippen LogP contribution in [0, 0.1) is 0 Å². The summed E-state index contributed by atoms with van der Waals surface area (Å²) < 4.78 is 6.58. The predicted molar refractivity (Wildman–Crippen MR) is 103 cm³/mol. The molecule has 5 nitrogen and oxygen atoms in total. The maximum absolute atomic E-state index is 12.4. The number of aromatic amines is 1. The van der Waals surface area contributed by atoms with Crippen molar-refractivity contribution >= 4 is 38.0 Å². The van der Waals surface area contributed by atoms with Gasteiger partial charge >= 0.3 is 0 Å². The zero-order valence-corrected chi connectivity index (χ0v) is 15.4. The van der Waals surface area contributed by atoms with Crippen molar-refractivity contribution in [3.05, 3.63) is 62.9 Å². The summed E-state index contributed by atoms with van der Waals surface area (Å²) in [6.07, 6.45) is 0. The molecule has 4 aromatic rings. The molecule has 0 amide bonds. The first kappa shape index (κ1) is 16.1. The van der Waals surface area contributed by atoms with E-state index in [2.05, 4.69) is 30.8 Å². The fourth-order valence-corrected chi connectivity index (χ4v) is 3.26. The van der Waals surface area contributed by atoms with E-state index in [1.54, 1.807) is 0 Å². The number of aromatic nitrogens is 2. The summed E-state index contributed by atoms with van der Waals surface area (Å²) in [5.74, 6) is 0.538. The molecule has 0 aliphatic heterocycles. The highest BCUT2D eigenvalue weighted by Gasteiger charge is 2.14. The molecule has 0 spiro atoms. The van der Waals surface area contributed by atoms with E-state index < -0.39 is 0 Å². The standard InChI is InChI=1S/C19H16BrN3O2/c1-23(2)10-11-3-5-12(6-4-11)18-21-16-14-9-13(20)7-8-15(14)25-17(16)19(24)22-18/h3-9H,10H2,1-2H3,(H,21,22,24). The molecule has 2 aromatic heterocycles. The molecule has 2 heterocycles. The molecule has 0 saturated heterocycles. The van der Waals surface area contributed by atoms with E-state index in [1.165, 1.54) is 5.56 Å². The molecule has 0 bridgehead atoms. The summed E-state index contributed by atoms with van der Waals surface area (Å²) in [6.45, 7) is 0.865. The Morgan fingerprint density at radius 1 is 1.16 bits per heavy atom. The third kappa shape index (κ3) is 2.99. The Hall–Kier alpha value is -2.44. The second-order valence-corrected chi connectivity index (χ2v) is 7.19. The van der Waals surface area contributed by atoms with Crippen molar-refractivity contribution < 1.29 is 4.42 Å². The number of fused-ring (bicyclic) bond motifs is 3. The molecule has 0 saturated carbocycles. The lowest BCUT2D eigenvalue weighted by Crippen LogP contribution is -2.10. The number of hydrogen-bond acceptors (Lipinski definition) is 4. The average Bonchev–Trinajstić information content (AvgIpc) is 2.94.